The van der Waals surface area contributed by atoms with Crippen LogP contribution in [0.3, 0.4) is 0 Å². The molecule has 2 amide bonds. The van der Waals surface area contributed by atoms with E-state index in [1.165, 1.54) is 0 Å². The zero-order valence-corrected chi connectivity index (χ0v) is 23.8. The van der Waals surface area contributed by atoms with Crippen LogP contribution in [0.25, 0.3) is 0 Å². The number of methoxy groups -OCH3 is 1. The summed E-state index contributed by atoms with van der Waals surface area (Å²) in [5, 5.41) is 23.0. The Balaban J connectivity index is 1.14. The predicted molar refractivity (Wildman–Crippen MR) is 149 cm³/mol. The number of aliphatic hydroxyl groups excluding tert-OH is 1. The summed E-state index contributed by atoms with van der Waals surface area (Å²) in [5.74, 6) is 0.294. The summed E-state index contributed by atoms with van der Waals surface area (Å²) in [7, 11) is 1.63. The lowest BCUT2D eigenvalue weighted by Crippen LogP contribution is -2.47. The van der Waals surface area contributed by atoms with Gasteiger partial charge in [-0.1, -0.05) is 19.1 Å². The molecule has 0 saturated carbocycles. The summed E-state index contributed by atoms with van der Waals surface area (Å²) >= 11 is 0. The molecule has 2 aliphatic heterocycles. The quantitative estimate of drug-likeness (QED) is 0.170. The lowest BCUT2D eigenvalue weighted by molar-refractivity contribution is -0.140. The van der Waals surface area contributed by atoms with Gasteiger partial charge in [-0.25, -0.2) is 9.18 Å². The van der Waals surface area contributed by atoms with Gasteiger partial charge in [0.2, 0.25) is 0 Å². The zero-order chi connectivity index (χ0) is 28.3. The number of urea groups is 1. The van der Waals surface area contributed by atoms with Gasteiger partial charge in [-0.05, 0) is 63.1 Å². The van der Waals surface area contributed by atoms with Gasteiger partial charge in [0.15, 0.2) is 6.29 Å². The normalized spacial score (nSPS) is 33.0. The molecular weight excluding hydrogens is 519 g/mol. The molecule has 4 rings (SSSR count). The number of halogens is 1. The molecule has 2 aliphatic carbocycles. The number of amides is 2. The maximum atomic E-state index is 14.1. The van der Waals surface area contributed by atoms with E-state index in [0.717, 1.165) is 31.4 Å². The van der Waals surface area contributed by atoms with Crippen LogP contribution >= 0.6 is 0 Å². The van der Waals surface area contributed by atoms with E-state index in [4.69, 9.17) is 18.9 Å². The molecule has 0 aromatic carbocycles. The standard InChI is InChI=1S/C29H47FN4O6/c1-19-3-8-24(30)25(15-19)34-29(36)33-21-4-6-22(7-5-21)40-23-9-10-31-27(17-23)26-16-20(18-32-26)28(35)39-14-13-38-12-11-37-2/h4,9-10,15,19-20,22-24,26-28,31-32,35H,3,5-8,11-14,16-18H2,1-2H3,(H2,33,34,36)/t19-,20?,22-,23?,24+,26?,27?,28+/m1/s1. The maximum absolute atomic E-state index is 14.1. The average molecular weight is 567 g/mol. The summed E-state index contributed by atoms with van der Waals surface area (Å²) in [6.07, 6.45) is 11.1. The molecule has 2 heterocycles. The average Bonchev–Trinajstić information content (AvgIpc) is 3.45. The number of hydrogen-bond acceptors (Lipinski definition) is 8. The minimum atomic E-state index is -1.11. The molecule has 0 bridgehead atoms. The summed E-state index contributed by atoms with van der Waals surface area (Å²) in [4.78, 5) is 12.4. The SMILES string of the molecule is COCCOCCO[C@H](O)C1CNC(C2CC(O[C@@H]3CC=C(NC(=O)NC4=C[C@H](C)CC[C@@H]4F)CC3)C=CN2)C1. The van der Waals surface area contributed by atoms with Crippen LogP contribution in [0.5, 0.6) is 0 Å². The molecule has 4 aliphatic rings. The Kier molecular flexibility index (Phi) is 12.2. The van der Waals surface area contributed by atoms with Crippen molar-refractivity contribution in [1.82, 2.24) is 21.3 Å². The molecule has 5 N–H and O–H groups in total. The van der Waals surface area contributed by atoms with Crippen LogP contribution < -0.4 is 21.3 Å². The van der Waals surface area contributed by atoms with Gasteiger partial charge in [-0.15, -0.1) is 0 Å². The third-order valence-electron chi connectivity index (χ3n) is 8.08. The first kappa shape index (κ1) is 30.9. The van der Waals surface area contributed by atoms with Crippen molar-refractivity contribution in [1.29, 1.82) is 0 Å². The molecule has 0 aromatic rings. The molecular formula is C29H47FN4O6. The van der Waals surface area contributed by atoms with Crippen molar-refractivity contribution in [2.45, 2.75) is 88.6 Å². The molecule has 11 heteroatoms. The monoisotopic (exact) mass is 566 g/mol. The molecule has 10 nitrogen and oxygen atoms in total. The van der Waals surface area contributed by atoms with Gasteiger partial charge < -0.3 is 45.3 Å². The van der Waals surface area contributed by atoms with E-state index in [9.17, 15) is 14.3 Å². The fraction of sp³-hybridized carbons (Fsp3) is 0.759. The Morgan fingerprint density at radius 2 is 2.00 bits per heavy atom. The van der Waals surface area contributed by atoms with Gasteiger partial charge in [0, 0.05) is 43.1 Å². The van der Waals surface area contributed by atoms with Gasteiger partial charge in [-0.3, -0.25) is 0 Å². The lowest BCUT2D eigenvalue weighted by Gasteiger charge is -2.33. The van der Waals surface area contributed by atoms with Crippen LogP contribution in [-0.2, 0) is 18.9 Å². The Bertz CT molecular complexity index is 902. The minimum Gasteiger partial charge on any atom is -0.387 e. The maximum Gasteiger partial charge on any atom is 0.323 e. The van der Waals surface area contributed by atoms with Crippen LogP contribution in [0.15, 0.2) is 35.8 Å². The molecule has 4 unspecified atom stereocenters. The number of rotatable bonds is 13. The summed E-state index contributed by atoms with van der Waals surface area (Å²) in [6.45, 7) is 4.55. The van der Waals surface area contributed by atoms with Crippen LogP contribution in [0.1, 0.15) is 51.9 Å². The van der Waals surface area contributed by atoms with Gasteiger partial charge in [-0.2, -0.15) is 0 Å². The van der Waals surface area contributed by atoms with Crippen molar-refractivity contribution < 1.29 is 33.2 Å². The first-order valence-electron chi connectivity index (χ1n) is 14.7. The Morgan fingerprint density at radius 3 is 2.80 bits per heavy atom. The number of carbonyl (C=O) groups excluding carboxylic acids is 1. The van der Waals surface area contributed by atoms with Crippen molar-refractivity contribution in [3.8, 4) is 0 Å². The predicted octanol–water partition coefficient (Wildman–Crippen LogP) is 2.61. The number of nitrogens with one attached hydrogen (secondary N) is 4. The topological polar surface area (TPSA) is 122 Å². The van der Waals surface area contributed by atoms with E-state index in [1.54, 1.807) is 7.11 Å². The molecule has 0 spiro atoms. The summed E-state index contributed by atoms with van der Waals surface area (Å²) in [5.41, 5.74) is 1.22. The number of carbonyl (C=O) groups is 1. The van der Waals surface area contributed by atoms with E-state index in [-0.39, 0.29) is 42.2 Å². The zero-order valence-electron chi connectivity index (χ0n) is 23.8. The second-order valence-corrected chi connectivity index (χ2v) is 11.3. The molecule has 226 valence electrons. The minimum absolute atomic E-state index is 0.00422. The van der Waals surface area contributed by atoms with Crippen LogP contribution in [-0.4, -0.2) is 88.0 Å². The number of aliphatic hydroxyl groups is 1. The first-order chi connectivity index (χ1) is 19.4. The van der Waals surface area contributed by atoms with Crippen molar-refractivity contribution >= 4 is 6.03 Å². The molecule has 1 fully saturated rings. The second-order valence-electron chi connectivity index (χ2n) is 11.3. The van der Waals surface area contributed by atoms with Crippen molar-refractivity contribution in [3.05, 3.63) is 35.8 Å². The van der Waals surface area contributed by atoms with E-state index in [2.05, 4.69) is 27.3 Å². The third-order valence-corrected chi connectivity index (χ3v) is 8.08. The van der Waals surface area contributed by atoms with Crippen molar-refractivity contribution in [2.75, 3.05) is 40.1 Å². The van der Waals surface area contributed by atoms with E-state index in [1.807, 2.05) is 25.3 Å². The molecule has 1 saturated heterocycles. The summed E-state index contributed by atoms with van der Waals surface area (Å²) < 4.78 is 36.4. The lowest BCUT2D eigenvalue weighted by atomic mass is 9.94. The highest BCUT2D eigenvalue weighted by Crippen LogP contribution is 2.27. The number of allylic oxidation sites excluding steroid dienone is 3. The second kappa shape index (κ2) is 15.8. The van der Waals surface area contributed by atoms with Gasteiger partial charge >= 0.3 is 6.03 Å². The Hall–Kier alpha value is -2.02. The summed E-state index contributed by atoms with van der Waals surface area (Å²) in [6, 6.07) is 0.0239. The fourth-order valence-corrected chi connectivity index (χ4v) is 5.77. The smallest absolute Gasteiger partial charge is 0.323 e. The molecule has 0 radical (unpaired) electrons. The number of ether oxygens (including phenoxy) is 4. The molecule has 40 heavy (non-hydrogen) atoms. The Morgan fingerprint density at radius 1 is 1.15 bits per heavy atom. The highest BCUT2D eigenvalue weighted by atomic mass is 19.1. The van der Waals surface area contributed by atoms with Crippen LogP contribution in [0.2, 0.25) is 0 Å². The highest BCUT2D eigenvalue weighted by Gasteiger charge is 2.36. The van der Waals surface area contributed by atoms with Crippen LogP contribution in [0.4, 0.5) is 9.18 Å². The van der Waals surface area contributed by atoms with E-state index in [0.29, 0.717) is 57.9 Å². The van der Waals surface area contributed by atoms with Gasteiger partial charge in [0.25, 0.3) is 0 Å². The third kappa shape index (κ3) is 9.53. The van der Waals surface area contributed by atoms with Crippen LogP contribution in [0, 0.1) is 11.8 Å². The van der Waals surface area contributed by atoms with E-state index < -0.39 is 12.5 Å². The number of hydrogen-bond donors (Lipinski definition) is 5. The van der Waals surface area contributed by atoms with Crippen molar-refractivity contribution in [2.24, 2.45) is 11.8 Å². The molecule has 8 atom stereocenters. The largest absolute Gasteiger partial charge is 0.387 e. The van der Waals surface area contributed by atoms with E-state index >= 15 is 0 Å². The first-order valence-corrected chi connectivity index (χ1v) is 14.7. The van der Waals surface area contributed by atoms with Gasteiger partial charge in [0.1, 0.15) is 6.17 Å². The molecule has 0 aromatic heterocycles. The van der Waals surface area contributed by atoms with Crippen molar-refractivity contribution in [3.63, 3.8) is 0 Å². The number of alkyl halides is 1. The van der Waals surface area contributed by atoms with Gasteiger partial charge in [0.05, 0.1) is 38.6 Å². The Labute approximate surface area is 237 Å². The highest BCUT2D eigenvalue weighted by molar-refractivity contribution is 5.77. The fourth-order valence-electron chi connectivity index (χ4n) is 5.77.